The first-order valence-corrected chi connectivity index (χ1v) is 9.72. The summed E-state index contributed by atoms with van der Waals surface area (Å²) in [4.78, 5) is 11.2. The summed E-state index contributed by atoms with van der Waals surface area (Å²) in [5.41, 5.74) is 6.02. The number of aromatic nitrogens is 2. The third kappa shape index (κ3) is 3.97. The SMILES string of the molecule is COc1cc2c(cc1OC)CN(c1cc(Nc3ccc(C)cc3C)ncn1)CC2. The molecule has 0 saturated heterocycles. The van der Waals surface area contributed by atoms with Gasteiger partial charge in [-0.3, -0.25) is 0 Å². The molecule has 0 atom stereocenters. The van der Waals surface area contributed by atoms with Gasteiger partial charge in [0.2, 0.25) is 0 Å². The van der Waals surface area contributed by atoms with Crippen LogP contribution in [0.25, 0.3) is 0 Å². The van der Waals surface area contributed by atoms with E-state index in [1.165, 1.54) is 22.3 Å². The van der Waals surface area contributed by atoms with Crippen LogP contribution in [0, 0.1) is 13.8 Å². The molecule has 0 fully saturated rings. The van der Waals surface area contributed by atoms with Crippen molar-refractivity contribution in [1.82, 2.24) is 9.97 Å². The van der Waals surface area contributed by atoms with E-state index in [4.69, 9.17) is 9.47 Å². The van der Waals surface area contributed by atoms with Crippen LogP contribution >= 0.6 is 0 Å². The highest BCUT2D eigenvalue weighted by Crippen LogP contribution is 2.34. The van der Waals surface area contributed by atoms with Gasteiger partial charge in [0.05, 0.1) is 14.2 Å². The number of hydrogen-bond donors (Lipinski definition) is 1. The van der Waals surface area contributed by atoms with Crippen molar-refractivity contribution in [3.05, 3.63) is 65.0 Å². The molecule has 2 heterocycles. The highest BCUT2D eigenvalue weighted by molar-refractivity contribution is 5.63. The maximum absolute atomic E-state index is 5.47. The topological polar surface area (TPSA) is 59.5 Å². The minimum atomic E-state index is 0.757. The zero-order valence-corrected chi connectivity index (χ0v) is 17.3. The fourth-order valence-electron chi connectivity index (χ4n) is 3.76. The fourth-order valence-corrected chi connectivity index (χ4v) is 3.76. The number of benzene rings is 2. The second kappa shape index (κ2) is 7.99. The van der Waals surface area contributed by atoms with Crippen molar-refractivity contribution < 1.29 is 9.47 Å². The molecular weight excluding hydrogens is 364 g/mol. The van der Waals surface area contributed by atoms with Crippen LogP contribution in [0.4, 0.5) is 17.3 Å². The molecule has 1 aromatic heterocycles. The summed E-state index contributed by atoms with van der Waals surface area (Å²) in [6.45, 7) is 5.86. The van der Waals surface area contributed by atoms with E-state index in [0.717, 1.165) is 48.3 Å². The van der Waals surface area contributed by atoms with Gasteiger partial charge in [0, 0.05) is 24.8 Å². The van der Waals surface area contributed by atoms with E-state index in [1.807, 2.05) is 6.07 Å². The van der Waals surface area contributed by atoms with Crippen molar-refractivity contribution in [1.29, 1.82) is 0 Å². The number of nitrogens with zero attached hydrogens (tertiary/aromatic N) is 3. The lowest BCUT2D eigenvalue weighted by molar-refractivity contribution is 0.353. The first-order valence-electron chi connectivity index (χ1n) is 9.72. The average Bonchev–Trinajstić information content (AvgIpc) is 2.74. The van der Waals surface area contributed by atoms with Crippen LogP contribution in [0.3, 0.4) is 0 Å². The predicted octanol–water partition coefficient (Wildman–Crippen LogP) is 4.42. The maximum Gasteiger partial charge on any atom is 0.161 e. The van der Waals surface area contributed by atoms with Crippen LogP contribution < -0.4 is 19.7 Å². The van der Waals surface area contributed by atoms with Gasteiger partial charge in [-0.05, 0) is 55.2 Å². The van der Waals surface area contributed by atoms with E-state index in [2.05, 4.69) is 64.4 Å². The van der Waals surface area contributed by atoms with E-state index in [-0.39, 0.29) is 0 Å². The number of anilines is 3. The third-order valence-corrected chi connectivity index (χ3v) is 5.34. The second-order valence-electron chi connectivity index (χ2n) is 7.35. The Morgan fingerprint density at radius 3 is 2.41 bits per heavy atom. The lowest BCUT2D eigenvalue weighted by atomic mass is 9.99. The van der Waals surface area contributed by atoms with Crippen LogP contribution in [-0.2, 0) is 13.0 Å². The van der Waals surface area contributed by atoms with Crippen LogP contribution in [-0.4, -0.2) is 30.7 Å². The molecule has 0 amide bonds. The van der Waals surface area contributed by atoms with Gasteiger partial charge in [-0.2, -0.15) is 0 Å². The maximum atomic E-state index is 5.47. The van der Waals surface area contributed by atoms with Crippen molar-refractivity contribution in [2.45, 2.75) is 26.8 Å². The molecule has 0 spiro atoms. The Morgan fingerprint density at radius 2 is 1.69 bits per heavy atom. The first-order chi connectivity index (χ1) is 14.1. The predicted molar refractivity (Wildman–Crippen MR) is 116 cm³/mol. The Kier molecular flexibility index (Phi) is 5.25. The molecule has 6 nitrogen and oxygen atoms in total. The number of methoxy groups -OCH3 is 2. The first kappa shape index (κ1) is 19.1. The van der Waals surface area contributed by atoms with E-state index < -0.39 is 0 Å². The molecule has 0 unspecified atom stereocenters. The minimum absolute atomic E-state index is 0.757. The molecule has 4 rings (SSSR count). The van der Waals surface area contributed by atoms with Crippen LogP contribution in [0.1, 0.15) is 22.3 Å². The smallest absolute Gasteiger partial charge is 0.161 e. The molecular formula is C23H26N4O2. The van der Waals surface area contributed by atoms with E-state index in [0.29, 0.717) is 0 Å². The van der Waals surface area contributed by atoms with Gasteiger partial charge in [-0.1, -0.05) is 17.7 Å². The molecule has 3 aromatic rings. The molecule has 0 radical (unpaired) electrons. The Morgan fingerprint density at radius 1 is 0.931 bits per heavy atom. The van der Waals surface area contributed by atoms with Gasteiger partial charge in [0.1, 0.15) is 18.0 Å². The zero-order valence-electron chi connectivity index (χ0n) is 17.3. The van der Waals surface area contributed by atoms with Crippen molar-refractivity contribution in [2.24, 2.45) is 0 Å². The fraction of sp³-hybridized carbons (Fsp3) is 0.304. The summed E-state index contributed by atoms with van der Waals surface area (Å²) >= 11 is 0. The monoisotopic (exact) mass is 390 g/mol. The lowest BCUT2D eigenvalue weighted by Crippen LogP contribution is -2.31. The van der Waals surface area contributed by atoms with E-state index in [1.54, 1.807) is 20.5 Å². The zero-order chi connectivity index (χ0) is 20.4. The molecule has 1 aliphatic heterocycles. The number of ether oxygens (including phenoxy) is 2. The highest BCUT2D eigenvalue weighted by Gasteiger charge is 2.21. The lowest BCUT2D eigenvalue weighted by Gasteiger charge is -2.30. The minimum Gasteiger partial charge on any atom is -0.493 e. The van der Waals surface area contributed by atoms with Gasteiger partial charge >= 0.3 is 0 Å². The molecule has 0 bridgehead atoms. The van der Waals surface area contributed by atoms with Crippen molar-refractivity contribution >= 4 is 17.3 Å². The second-order valence-corrected chi connectivity index (χ2v) is 7.35. The van der Waals surface area contributed by atoms with Crippen molar-refractivity contribution in [3.8, 4) is 11.5 Å². The van der Waals surface area contributed by atoms with Gasteiger partial charge < -0.3 is 19.7 Å². The Hall–Kier alpha value is -3.28. The molecule has 0 aliphatic carbocycles. The van der Waals surface area contributed by atoms with Gasteiger partial charge in [0.15, 0.2) is 11.5 Å². The molecule has 29 heavy (non-hydrogen) atoms. The van der Waals surface area contributed by atoms with Crippen LogP contribution in [0.2, 0.25) is 0 Å². The highest BCUT2D eigenvalue weighted by atomic mass is 16.5. The molecule has 1 N–H and O–H groups in total. The number of nitrogens with one attached hydrogen (secondary N) is 1. The van der Waals surface area contributed by atoms with Crippen LogP contribution in [0.15, 0.2) is 42.7 Å². The number of hydrogen-bond acceptors (Lipinski definition) is 6. The Labute approximate surface area is 171 Å². The standard InChI is InChI=1S/C23H26N4O2/c1-15-5-6-19(16(2)9-15)26-22-12-23(25-14-24-22)27-8-7-17-10-20(28-3)21(29-4)11-18(17)13-27/h5-6,9-12,14H,7-8,13H2,1-4H3,(H,24,25,26). The van der Waals surface area contributed by atoms with Gasteiger partial charge in [0.25, 0.3) is 0 Å². The molecule has 0 saturated carbocycles. The number of rotatable bonds is 5. The van der Waals surface area contributed by atoms with Crippen molar-refractivity contribution in [3.63, 3.8) is 0 Å². The quantitative estimate of drug-likeness (QED) is 0.696. The van der Waals surface area contributed by atoms with Gasteiger partial charge in [-0.25, -0.2) is 9.97 Å². The number of fused-ring (bicyclic) bond motifs is 1. The summed E-state index contributed by atoms with van der Waals surface area (Å²) < 4.78 is 10.9. The summed E-state index contributed by atoms with van der Waals surface area (Å²) in [6, 6.07) is 12.5. The molecule has 1 aliphatic rings. The molecule has 6 heteroatoms. The normalized spacial score (nSPS) is 13.0. The summed E-state index contributed by atoms with van der Waals surface area (Å²) in [5.74, 6) is 3.24. The van der Waals surface area contributed by atoms with Crippen molar-refractivity contribution in [2.75, 3.05) is 31.0 Å². The summed E-state index contributed by atoms with van der Waals surface area (Å²) in [7, 11) is 3.34. The van der Waals surface area contributed by atoms with Gasteiger partial charge in [-0.15, -0.1) is 0 Å². The molecule has 2 aromatic carbocycles. The largest absolute Gasteiger partial charge is 0.493 e. The van der Waals surface area contributed by atoms with Crippen LogP contribution in [0.5, 0.6) is 11.5 Å². The summed E-state index contributed by atoms with van der Waals surface area (Å²) in [6.07, 6.45) is 2.55. The number of aryl methyl sites for hydroxylation is 2. The average molecular weight is 390 g/mol. The van der Waals surface area contributed by atoms with E-state index in [9.17, 15) is 0 Å². The third-order valence-electron chi connectivity index (χ3n) is 5.34. The molecule has 150 valence electrons. The van der Waals surface area contributed by atoms with E-state index >= 15 is 0 Å². The Bertz CT molecular complexity index is 1040. The summed E-state index contributed by atoms with van der Waals surface area (Å²) in [5, 5.41) is 3.42. The Balaban J connectivity index is 1.56.